The minimum atomic E-state index is -2.61. The van der Waals surface area contributed by atoms with Gasteiger partial charge in [-0.25, -0.2) is 18.7 Å². The molecule has 1 atom stereocenters. The number of anilines is 1. The summed E-state index contributed by atoms with van der Waals surface area (Å²) in [6.45, 7) is 4.03. The number of halogens is 2. The minimum Gasteiger partial charge on any atom is -0.368 e. The maximum absolute atomic E-state index is 13.7. The molecule has 3 heterocycles. The van der Waals surface area contributed by atoms with Crippen LogP contribution in [0.1, 0.15) is 43.2 Å². The van der Waals surface area contributed by atoms with Crippen molar-refractivity contribution in [1.29, 1.82) is 0 Å². The number of aryl methyl sites for hydroxylation is 1. The van der Waals surface area contributed by atoms with Crippen molar-refractivity contribution < 1.29 is 18.3 Å². The fourth-order valence-corrected chi connectivity index (χ4v) is 4.79. The van der Waals surface area contributed by atoms with Gasteiger partial charge in [-0.15, -0.1) is 0 Å². The molecule has 0 unspecified atom stereocenters. The van der Waals surface area contributed by atoms with Crippen molar-refractivity contribution in [2.45, 2.75) is 51.2 Å². The third-order valence-corrected chi connectivity index (χ3v) is 6.63. The van der Waals surface area contributed by atoms with Gasteiger partial charge in [-0.05, 0) is 50.3 Å². The number of fused-ring (bicyclic) bond motifs is 1. The summed E-state index contributed by atoms with van der Waals surface area (Å²) in [4.78, 5) is 24.0. The van der Waals surface area contributed by atoms with E-state index in [-0.39, 0.29) is 23.6 Å². The van der Waals surface area contributed by atoms with Gasteiger partial charge in [0, 0.05) is 42.3 Å². The summed E-state index contributed by atoms with van der Waals surface area (Å²) in [5.74, 6) is 1.02. The van der Waals surface area contributed by atoms with Crippen LogP contribution in [0.5, 0.6) is 0 Å². The van der Waals surface area contributed by atoms with E-state index in [2.05, 4.69) is 15.2 Å². The van der Waals surface area contributed by atoms with Gasteiger partial charge in [0.2, 0.25) is 5.91 Å². The van der Waals surface area contributed by atoms with Gasteiger partial charge in [0.1, 0.15) is 11.9 Å². The van der Waals surface area contributed by atoms with E-state index in [4.69, 9.17) is 9.72 Å². The van der Waals surface area contributed by atoms with Crippen LogP contribution in [0.15, 0.2) is 42.5 Å². The lowest BCUT2D eigenvalue weighted by Crippen LogP contribution is -2.47. The van der Waals surface area contributed by atoms with Gasteiger partial charge in [0.25, 0.3) is 6.43 Å². The number of amides is 1. The molecule has 2 saturated heterocycles. The highest BCUT2D eigenvalue weighted by Crippen LogP contribution is 2.34. The van der Waals surface area contributed by atoms with Crippen molar-refractivity contribution in [2.24, 2.45) is 0 Å². The Morgan fingerprint density at radius 1 is 1.12 bits per heavy atom. The van der Waals surface area contributed by atoms with Crippen LogP contribution < -0.4 is 10.2 Å². The molecule has 1 aromatic heterocycles. The number of carbonyl (C=O) groups is 1. The zero-order chi connectivity index (χ0) is 23.7. The molecule has 0 saturated carbocycles. The molecule has 0 radical (unpaired) electrons. The second-order valence-electron chi connectivity index (χ2n) is 9.05. The summed E-state index contributed by atoms with van der Waals surface area (Å²) in [5.41, 5.74) is 2.05. The molecule has 2 aliphatic heterocycles. The molecule has 6 nitrogen and oxygen atoms in total. The maximum Gasteiger partial charge on any atom is 0.264 e. The summed E-state index contributed by atoms with van der Waals surface area (Å²) < 4.78 is 32.9. The monoisotopic (exact) mass is 466 g/mol. The van der Waals surface area contributed by atoms with Gasteiger partial charge in [-0.3, -0.25) is 4.79 Å². The van der Waals surface area contributed by atoms with Crippen molar-refractivity contribution >= 4 is 22.6 Å². The molecule has 8 heteroatoms. The number of carbonyl (C=O) groups excluding carboxylic acids is 1. The molecule has 2 aliphatic rings. The lowest BCUT2D eigenvalue weighted by molar-refractivity contribution is -0.130. The molecule has 5 rings (SSSR count). The Kier molecular flexibility index (Phi) is 6.41. The number of piperidine rings is 1. The zero-order valence-electron chi connectivity index (χ0n) is 19.1. The zero-order valence-corrected chi connectivity index (χ0v) is 19.1. The number of rotatable bonds is 5. The number of nitrogens with one attached hydrogen (secondary N) is 1. The molecule has 0 spiro atoms. The number of hydrogen-bond acceptors (Lipinski definition) is 5. The highest BCUT2D eigenvalue weighted by molar-refractivity contribution is 5.91. The molecule has 2 fully saturated rings. The predicted molar refractivity (Wildman–Crippen MR) is 127 cm³/mol. The molecule has 2 aromatic carbocycles. The van der Waals surface area contributed by atoms with Gasteiger partial charge in [0.05, 0.1) is 5.52 Å². The largest absolute Gasteiger partial charge is 0.368 e. The van der Waals surface area contributed by atoms with Crippen molar-refractivity contribution in [3.05, 3.63) is 53.6 Å². The first kappa shape index (κ1) is 22.7. The average Bonchev–Trinajstić information content (AvgIpc) is 3.39. The molecule has 0 aliphatic carbocycles. The summed E-state index contributed by atoms with van der Waals surface area (Å²) >= 11 is 0. The number of nitrogens with zero attached hydrogens (tertiary/aromatic N) is 3. The Morgan fingerprint density at radius 3 is 2.65 bits per heavy atom. The van der Waals surface area contributed by atoms with E-state index in [0.717, 1.165) is 48.0 Å². The van der Waals surface area contributed by atoms with E-state index in [9.17, 15) is 13.6 Å². The number of alkyl halides is 2. The lowest BCUT2D eigenvalue weighted by atomic mass is 10.0. The van der Waals surface area contributed by atoms with Crippen molar-refractivity contribution in [3.63, 3.8) is 0 Å². The smallest absolute Gasteiger partial charge is 0.264 e. The second-order valence-corrected chi connectivity index (χ2v) is 9.05. The molecule has 0 bridgehead atoms. The van der Waals surface area contributed by atoms with Gasteiger partial charge < -0.3 is 15.0 Å². The fourth-order valence-electron chi connectivity index (χ4n) is 4.79. The van der Waals surface area contributed by atoms with Crippen LogP contribution in [-0.4, -0.2) is 47.7 Å². The maximum atomic E-state index is 13.7. The number of hydrogen-bond donors (Lipinski definition) is 1. The number of benzene rings is 2. The number of aromatic nitrogens is 2. The highest BCUT2D eigenvalue weighted by atomic mass is 19.3. The summed E-state index contributed by atoms with van der Waals surface area (Å²) in [6.07, 6.45) is 0.315. The SMILES string of the molecule is Cc1ccc2c(N3CCC(NC(=O)[C@H]4CCCO4)CC3)nc(-c3ccccc3C(F)F)nc2c1. The van der Waals surface area contributed by atoms with Crippen molar-refractivity contribution in [2.75, 3.05) is 24.6 Å². The van der Waals surface area contributed by atoms with Crippen LogP contribution in [0.2, 0.25) is 0 Å². The normalized spacial score (nSPS) is 19.2. The summed E-state index contributed by atoms with van der Waals surface area (Å²) in [7, 11) is 0. The molecule has 34 heavy (non-hydrogen) atoms. The molecule has 3 aromatic rings. The van der Waals surface area contributed by atoms with Crippen molar-refractivity contribution in [1.82, 2.24) is 15.3 Å². The van der Waals surface area contributed by atoms with E-state index in [1.165, 1.54) is 6.07 Å². The van der Waals surface area contributed by atoms with E-state index in [1.54, 1.807) is 18.2 Å². The number of ether oxygens (including phenoxy) is 1. The fraction of sp³-hybridized carbons (Fsp3) is 0.423. The first-order chi connectivity index (χ1) is 16.5. The average molecular weight is 467 g/mol. The Labute approximate surface area is 197 Å². The first-order valence-electron chi connectivity index (χ1n) is 11.8. The Morgan fingerprint density at radius 2 is 1.91 bits per heavy atom. The Balaban J connectivity index is 1.42. The third kappa shape index (κ3) is 4.59. The first-order valence-corrected chi connectivity index (χ1v) is 11.8. The lowest BCUT2D eigenvalue weighted by Gasteiger charge is -2.34. The molecular weight excluding hydrogens is 438 g/mol. The standard InChI is InChI=1S/C26H28F2N4O2/c1-16-8-9-20-21(15-16)30-24(19-6-3-2-5-18(19)23(27)28)31-25(20)32-12-10-17(11-13-32)29-26(33)22-7-4-14-34-22/h2-3,5-6,8-9,15,17,22-23H,4,7,10-14H2,1H3,(H,29,33)/t22-/m1/s1. The topological polar surface area (TPSA) is 67.4 Å². The summed E-state index contributed by atoms with van der Waals surface area (Å²) in [5, 5.41) is 4.02. The Hall–Kier alpha value is -3.13. The van der Waals surface area contributed by atoms with Gasteiger partial charge in [-0.2, -0.15) is 0 Å². The Bertz CT molecular complexity index is 1190. The van der Waals surface area contributed by atoms with Gasteiger partial charge in [-0.1, -0.05) is 30.3 Å². The van der Waals surface area contributed by atoms with Crippen LogP contribution in [0.4, 0.5) is 14.6 Å². The quantitative estimate of drug-likeness (QED) is 0.585. The van der Waals surface area contributed by atoms with Gasteiger partial charge in [0.15, 0.2) is 5.82 Å². The molecule has 1 amide bonds. The highest BCUT2D eigenvalue weighted by Gasteiger charge is 2.28. The summed E-state index contributed by atoms with van der Waals surface area (Å²) in [6, 6.07) is 12.5. The molecular formula is C26H28F2N4O2. The van der Waals surface area contributed by atoms with Crippen LogP contribution in [0.3, 0.4) is 0 Å². The van der Waals surface area contributed by atoms with Gasteiger partial charge >= 0.3 is 0 Å². The van der Waals surface area contributed by atoms with E-state index >= 15 is 0 Å². The van der Waals surface area contributed by atoms with Crippen LogP contribution >= 0.6 is 0 Å². The third-order valence-electron chi connectivity index (χ3n) is 6.63. The molecule has 1 N–H and O–H groups in total. The van der Waals surface area contributed by atoms with E-state index < -0.39 is 6.43 Å². The van der Waals surface area contributed by atoms with Crippen LogP contribution in [0, 0.1) is 6.92 Å². The van der Waals surface area contributed by atoms with E-state index in [1.807, 2.05) is 25.1 Å². The van der Waals surface area contributed by atoms with Crippen LogP contribution in [0.25, 0.3) is 22.3 Å². The minimum absolute atomic E-state index is 0.0233. The van der Waals surface area contributed by atoms with Crippen LogP contribution in [-0.2, 0) is 9.53 Å². The molecule has 178 valence electrons. The second kappa shape index (κ2) is 9.62. The van der Waals surface area contributed by atoms with Crippen molar-refractivity contribution in [3.8, 4) is 11.4 Å². The predicted octanol–water partition coefficient (Wildman–Crippen LogP) is 4.81. The van der Waals surface area contributed by atoms with E-state index in [0.29, 0.717) is 31.1 Å².